The number of hydrogen-bond acceptors (Lipinski definition) is 1. The lowest BCUT2D eigenvalue weighted by atomic mass is 9.80. The molecule has 0 saturated carbocycles. The summed E-state index contributed by atoms with van der Waals surface area (Å²) in [6.45, 7) is 16.6. The van der Waals surface area contributed by atoms with Crippen molar-refractivity contribution < 1.29 is 0 Å². The lowest BCUT2D eigenvalue weighted by Crippen LogP contribution is -2.17. The van der Waals surface area contributed by atoms with E-state index in [-0.39, 0.29) is 16.2 Å². The van der Waals surface area contributed by atoms with E-state index in [1.54, 1.807) is 0 Å². The monoisotopic (exact) mass is 773 g/mol. The summed E-state index contributed by atoms with van der Waals surface area (Å²) >= 11 is 0. The van der Waals surface area contributed by atoms with Crippen LogP contribution in [0.25, 0.3) is 54.6 Å². The third-order valence-corrected chi connectivity index (χ3v) is 14.0. The molecule has 9 aromatic carbocycles. The van der Waals surface area contributed by atoms with Gasteiger partial charge in [0.05, 0.1) is 11.4 Å². The molecule has 2 aliphatic carbocycles. The van der Waals surface area contributed by atoms with Crippen molar-refractivity contribution in [3.8, 4) is 22.3 Å². The first-order valence-electron chi connectivity index (χ1n) is 21.7. The Morgan fingerprint density at radius 2 is 1.07 bits per heavy atom. The van der Waals surface area contributed by atoms with E-state index in [1.807, 2.05) is 0 Å². The van der Waals surface area contributed by atoms with Crippen LogP contribution in [0.1, 0.15) is 87.4 Å². The zero-order chi connectivity index (χ0) is 41.1. The minimum Gasteiger partial charge on any atom is -0.310 e. The first-order chi connectivity index (χ1) is 28.9. The molecular weight excluding hydrogens is 723 g/mol. The van der Waals surface area contributed by atoms with E-state index in [0.717, 1.165) is 6.42 Å². The van der Waals surface area contributed by atoms with Crippen LogP contribution in [0.3, 0.4) is 0 Å². The summed E-state index contributed by atoms with van der Waals surface area (Å²) in [4.78, 5) is 2.59. The Morgan fingerprint density at radius 1 is 0.450 bits per heavy atom. The van der Waals surface area contributed by atoms with Crippen LogP contribution in [0.5, 0.6) is 0 Å². The molecule has 0 heterocycles. The molecule has 0 atom stereocenters. The van der Waals surface area contributed by atoms with E-state index in [9.17, 15) is 0 Å². The van der Waals surface area contributed by atoms with Crippen molar-refractivity contribution >= 4 is 49.4 Å². The van der Waals surface area contributed by atoms with Gasteiger partial charge in [-0.2, -0.15) is 0 Å². The predicted octanol–water partition coefficient (Wildman–Crippen LogP) is 16.1. The zero-order valence-electron chi connectivity index (χ0n) is 35.8. The molecule has 2 aliphatic rings. The first kappa shape index (κ1) is 36.6. The quantitative estimate of drug-likeness (QED) is 0.168. The van der Waals surface area contributed by atoms with Gasteiger partial charge in [0.2, 0.25) is 0 Å². The van der Waals surface area contributed by atoms with Gasteiger partial charge in [-0.25, -0.2) is 0 Å². The molecule has 0 aliphatic heterocycles. The zero-order valence-corrected chi connectivity index (χ0v) is 35.8. The molecule has 9 aromatic rings. The minimum absolute atomic E-state index is 0.0134. The Balaban J connectivity index is 1.20. The summed E-state index contributed by atoms with van der Waals surface area (Å²) in [7, 11) is 0. The highest BCUT2D eigenvalue weighted by atomic mass is 15.1. The highest BCUT2D eigenvalue weighted by Crippen LogP contribution is 2.55. The summed E-state index contributed by atoms with van der Waals surface area (Å²) in [5.74, 6) is 0. The first-order valence-corrected chi connectivity index (χ1v) is 21.7. The second-order valence-corrected chi connectivity index (χ2v) is 19.3. The largest absolute Gasteiger partial charge is 0.310 e. The topological polar surface area (TPSA) is 3.24 Å². The number of benzene rings is 9. The van der Waals surface area contributed by atoms with Gasteiger partial charge in [0.15, 0.2) is 0 Å². The van der Waals surface area contributed by atoms with Crippen molar-refractivity contribution in [2.45, 2.75) is 71.1 Å². The van der Waals surface area contributed by atoms with Gasteiger partial charge >= 0.3 is 0 Å². The Morgan fingerprint density at radius 3 is 1.85 bits per heavy atom. The van der Waals surface area contributed by atoms with Crippen LogP contribution >= 0.6 is 0 Å². The average molecular weight is 774 g/mol. The minimum atomic E-state index is -0.137. The molecule has 1 nitrogen and oxygen atoms in total. The summed E-state index contributed by atoms with van der Waals surface area (Å²) in [5, 5.41) is 7.74. The summed E-state index contributed by atoms with van der Waals surface area (Å²) in [5.41, 5.74) is 18.5. The molecule has 0 bridgehead atoms. The van der Waals surface area contributed by atoms with Crippen molar-refractivity contribution in [2.24, 2.45) is 0 Å². The molecule has 60 heavy (non-hydrogen) atoms. The molecular formula is C59H51N. The second kappa shape index (κ2) is 13.0. The number of rotatable bonds is 5. The van der Waals surface area contributed by atoms with Gasteiger partial charge in [-0.3, -0.25) is 0 Å². The third kappa shape index (κ3) is 5.31. The molecule has 1 heteroatoms. The Hall–Kier alpha value is -6.44. The molecule has 11 rings (SSSR count). The number of fused-ring (bicyclic) bond motifs is 10. The lowest BCUT2D eigenvalue weighted by Gasteiger charge is -2.32. The average Bonchev–Trinajstić information content (AvgIpc) is 3.64. The highest BCUT2D eigenvalue weighted by molar-refractivity contribution is 6.04. The van der Waals surface area contributed by atoms with E-state index in [0.29, 0.717) is 0 Å². The van der Waals surface area contributed by atoms with Crippen LogP contribution in [0, 0.1) is 0 Å². The summed E-state index contributed by atoms with van der Waals surface area (Å²) in [6.07, 6.45) is 0.797. The molecule has 292 valence electrons. The number of anilines is 3. The van der Waals surface area contributed by atoms with Gasteiger partial charge < -0.3 is 4.90 Å². The summed E-state index contributed by atoms with van der Waals surface area (Å²) in [6, 6.07) is 64.4. The molecule has 0 N–H and O–H groups in total. The predicted molar refractivity (Wildman–Crippen MR) is 257 cm³/mol. The second-order valence-electron chi connectivity index (χ2n) is 19.3. The van der Waals surface area contributed by atoms with Gasteiger partial charge in [-0.1, -0.05) is 194 Å². The maximum Gasteiger partial charge on any atom is 0.0540 e. The molecule has 0 unspecified atom stereocenters. The van der Waals surface area contributed by atoms with Gasteiger partial charge in [0.1, 0.15) is 0 Å². The highest BCUT2D eigenvalue weighted by Gasteiger charge is 2.39. The van der Waals surface area contributed by atoms with Crippen molar-refractivity contribution in [1.82, 2.24) is 0 Å². The smallest absolute Gasteiger partial charge is 0.0540 e. The van der Waals surface area contributed by atoms with E-state index < -0.39 is 0 Å². The molecule has 0 amide bonds. The SMILES string of the molecule is CC(C)(C)c1ccc(N(c2ccc3c(c2)-c2ccc4ccccc4c2C3(C)C)c2ccc3ccccc3c2Cc2cccc3c2-c2ccccc2C3(C)C)c2ccccc12. The van der Waals surface area contributed by atoms with E-state index in [2.05, 4.69) is 223 Å². The van der Waals surface area contributed by atoms with Gasteiger partial charge in [-0.05, 0) is 118 Å². The van der Waals surface area contributed by atoms with Crippen molar-refractivity contribution in [3.63, 3.8) is 0 Å². The van der Waals surface area contributed by atoms with Crippen LogP contribution in [0.15, 0.2) is 170 Å². The van der Waals surface area contributed by atoms with Crippen LogP contribution in [-0.4, -0.2) is 0 Å². The maximum absolute atomic E-state index is 2.59. The Bertz CT molecular complexity index is 3220. The van der Waals surface area contributed by atoms with Crippen molar-refractivity contribution in [1.29, 1.82) is 0 Å². The normalized spacial score (nSPS) is 14.6. The van der Waals surface area contributed by atoms with E-state index in [4.69, 9.17) is 0 Å². The fraction of sp³-hybridized carbons (Fsp3) is 0.186. The van der Waals surface area contributed by atoms with Gasteiger partial charge in [-0.15, -0.1) is 0 Å². The standard InChI is InChI=1S/C59H51N/c1-57(2,3)49-32-34-53(44-23-13-12-22-43(44)49)60(40-29-31-51-47(36-40)45-30-27-38-18-9-11-21-42(38)56(45)59(51,6)7)54-33-28-37-17-8-10-20-41(37)48(54)35-39-19-16-26-52-55(39)46-24-14-15-25-50(46)58(52,4)5/h8-34,36H,35H2,1-7H3. The lowest BCUT2D eigenvalue weighted by molar-refractivity contribution is 0.596. The van der Waals surface area contributed by atoms with Crippen LogP contribution in [-0.2, 0) is 22.7 Å². The maximum atomic E-state index is 2.59. The molecule has 0 fully saturated rings. The Labute approximate surface area is 355 Å². The van der Waals surface area contributed by atoms with Gasteiger partial charge in [0.25, 0.3) is 0 Å². The van der Waals surface area contributed by atoms with Crippen LogP contribution in [0.4, 0.5) is 17.1 Å². The molecule has 0 aromatic heterocycles. The van der Waals surface area contributed by atoms with Crippen LogP contribution < -0.4 is 4.90 Å². The number of hydrogen-bond donors (Lipinski definition) is 0. The molecule has 0 saturated heterocycles. The fourth-order valence-corrected chi connectivity index (χ4v) is 11.2. The fourth-order valence-electron chi connectivity index (χ4n) is 11.2. The Kier molecular flexibility index (Phi) is 7.95. The summed E-state index contributed by atoms with van der Waals surface area (Å²) < 4.78 is 0. The van der Waals surface area contributed by atoms with E-state index in [1.165, 1.54) is 111 Å². The van der Waals surface area contributed by atoms with Crippen LogP contribution in [0.2, 0.25) is 0 Å². The molecule has 0 spiro atoms. The van der Waals surface area contributed by atoms with Gasteiger partial charge in [0, 0.05) is 28.3 Å². The third-order valence-electron chi connectivity index (χ3n) is 14.0. The van der Waals surface area contributed by atoms with E-state index >= 15 is 0 Å². The van der Waals surface area contributed by atoms with Crippen molar-refractivity contribution in [2.75, 3.05) is 4.90 Å². The van der Waals surface area contributed by atoms with Crippen molar-refractivity contribution in [3.05, 3.63) is 209 Å². The number of nitrogens with zero attached hydrogens (tertiary/aromatic N) is 1. The molecule has 0 radical (unpaired) electrons.